The van der Waals surface area contributed by atoms with Crippen LogP contribution in [0, 0.1) is 5.92 Å². The Balaban J connectivity index is 1.84. The average molecular weight is 717 g/mol. The van der Waals surface area contributed by atoms with Crippen molar-refractivity contribution < 1.29 is 41.5 Å². The Morgan fingerprint density at radius 1 is 1.00 bits per heavy atom. The molecule has 0 radical (unpaired) electrons. The molecule has 270 valence electrons. The zero-order chi connectivity index (χ0) is 36.7. The summed E-state index contributed by atoms with van der Waals surface area (Å²) < 4.78 is 53.5. The van der Waals surface area contributed by atoms with Crippen LogP contribution in [0.1, 0.15) is 59.7 Å². The first kappa shape index (κ1) is 38.7. The molecule has 0 saturated carbocycles. The summed E-state index contributed by atoms with van der Waals surface area (Å²) in [6.07, 6.45) is -4.45. The number of quaternary nitrogens is 1. The largest absolute Gasteiger partial charge is 0.490 e. The molecule has 0 aromatic heterocycles. The summed E-state index contributed by atoms with van der Waals surface area (Å²) >= 11 is 6.86. The van der Waals surface area contributed by atoms with Crippen molar-refractivity contribution in [2.75, 3.05) is 47.9 Å². The Bertz CT molecular complexity index is 1660. The summed E-state index contributed by atoms with van der Waals surface area (Å²) in [6, 6.07) is 19.8. The van der Waals surface area contributed by atoms with Crippen LogP contribution in [0.15, 0.2) is 66.7 Å². The number of alkyl halides is 3. The van der Waals surface area contributed by atoms with Crippen LogP contribution in [0.2, 0.25) is 5.02 Å². The number of piperidine rings is 1. The molecule has 50 heavy (non-hydrogen) atoms. The Kier molecular flexibility index (Phi) is 12.6. The van der Waals surface area contributed by atoms with Crippen LogP contribution in [0.4, 0.5) is 18.0 Å². The zero-order valence-corrected chi connectivity index (χ0v) is 30.0. The van der Waals surface area contributed by atoms with Gasteiger partial charge in [-0.2, -0.15) is 13.2 Å². The van der Waals surface area contributed by atoms with Gasteiger partial charge in [0, 0.05) is 52.8 Å². The number of aryl methyl sites for hydroxylation is 1. The maximum atomic E-state index is 14.1. The van der Waals surface area contributed by atoms with E-state index < -0.39 is 29.8 Å². The lowest BCUT2D eigenvalue weighted by Gasteiger charge is -2.46. The predicted molar refractivity (Wildman–Crippen MR) is 187 cm³/mol. The van der Waals surface area contributed by atoms with E-state index in [0.29, 0.717) is 52.5 Å². The highest BCUT2D eigenvalue weighted by atomic mass is 35.5. The number of nitrogens with one attached hydrogen (secondary N) is 1. The first-order valence-electron chi connectivity index (χ1n) is 16.8. The van der Waals surface area contributed by atoms with Crippen LogP contribution in [0.25, 0.3) is 11.1 Å². The lowest BCUT2D eigenvalue weighted by molar-refractivity contribution is -0.884. The number of hydrogen-bond acceptors (Lipinski definition) is 5. The molecule has 0 bridgehead atoms. The Labute approximate surface area is 297 Å². The number of ether oxygens (including phenoxy) is 2. The normalized spacial score (nSPS) is 16.3. The maximum Gasteiger partial charge on any atom is 0.490 e. The van der Waals surface area contributed by atoms with E-state index in [1.807, 2.05) is 43.3 Å². The highest BCUT2D eigenvalue weighted by molar-refractivity contribution is 6.33. The summed E-state index contributed by atoms with van der Waals surface area (Å²) in [7, 11) is 7.42. The van der Waals surface area contributed by atoms with Crippen molar-refractivity contribution in [2.45, 2.75) is 57.3 Å². The summed E-state index contributed by atoms with van der Waals surface area (Å²) in [5, 5.41) is 2.84. The second-order valence-corrected chi connectivity index (χ2v) is 14.2. The SMILES string of the molecule is CCc1cccc(-c2c(Cl)cccc2C(CCCNC(=O)OC)(OC(=O)C(F)(F)F)C2CCCN(C(=O)c3ccc(C[N+](C)(C)C)cc3)C2)c1. The molecule has 1 aliphatic heterocycles. The third-order valence-corrected chi connectivity index (χ3v) is 9.32. The Morgan fingerprint density at radius 3 is 2.34 bits per heavy atom. The van der Waals surface area contributed by atoms with E-state index in [1.165, 1.54) is 7.11 Å². The average Bonchev–Trinajstić information content (AvgIpc) is 3.08. The summed E-state index contributed by atoms with van der Waals surface area (Å²) in [4.78, 5) is 40.3. The Morgan fingerprint density at radius 2 is 1.70 bits per heavy atom. The third kappa shape index (κ3) is 9.57. The number of carbonyl (C=O) groups excluding carboxylic acids is 3. The summed E-state index contributed by atoms with van der Waals surface area (Å²) in [5.41, 5.74) is 2.01. The molecule has 1 heterocycles. The number of hydrogen-bond donors (Lipinski definition) is 1. The van der Waals surface area contributed by atoms with Crippen LogP contribution in [-0.2, 0) is 32.8 Å². The van der Waals surface area contributed by atoms with E-state index in [4.69, 9.17) is 16.3 Å². The van der Waals surface area contributed by atoms with Crippen LogP contribution in [-0.4, -0.2) is 81.4 Å². The van der Waals surface area contributed by atoms with Gasteiger partial charge in [0.15, 0.2) is 0 Å². The predicted octanol–water partition coefficient (Wildman–Crippen LogP) is 7.77. The fraction of sp³-hybridized carbons (Fsp3) is 0.447. The van der Waals surface area contributed by atoms with E-state index in [1.54, 1.807) is 35.2 Å². The molecule has 2 atom stereocenters. The second kappa shape index (κ2) is 16.3. The molecule has 4 rings (SSSR count). The van der Waals surface area contributed by atoms with Gasteiger partial charge in [0.2, 0.25) is 0 Å². The molecule has 1 N–H and O–H groups in total. The van der Waals surface area contributed by atoms with Crippen LogP contribution >= 0.6 is 11.6 Å². The quantitative estimate of drug-likeness (QED) is 0.118. The lowest BCUT2D eigenvalue weighted by atomic mass is 9.71. The number of halogens is 4. The number of rotatable bonds is 12. The van der Waals surface area contributed by atoms with Gasteiger partial charge in [-0.3, -0.25) is 4.79 Å². The minimum absolute atomic E-state index is 0.0238. The van der Waals surface area contributed by atoms with Gasteiger partial charge in [-0.15, -0.1) is 0 Å². The maximum absolute atomic E-state index is 14.1. The zero-order valence-electron chi connectivity index (χ0n) is 29.2. The summed E-state index contributed by atoms with van der Waals surface area (Å²) in [6.45, 7) is 3.19. The number of methoxy groups -OCH3 is 1. The minimum atomic E-state index is -5.30. The topological polar surface area (TPSA) is 84.9 Å². The first-order chi connectivity index (χ1) is 23.6. The van der Waals surface area contributed by atoms with E-state index in [2.05, 4.69) is 31.2 Å². The standard InChI is InChI=1S/C38H45ClF3N3O5/c1-6-26-11-7-12-29(23-26)33-31(14-8-15-32(33)39)37(50-35(47)38(40,41)42,20-10-21-43-36(48)49-5)30-13-9-22-44(24-30)34(46)28-18-16-27(17-19-28)25-45(2,3)4/h7-8,11-12,14-19,23,30H,6,9-10,13,20-22,24-25H2,1-5H3/p+1. The highest BCUT2D eigenvalue weighted by Crippen LogP contribution is 2.49. The molecule has 3 aromatic carbocycles. The van der Waals surface area contributed by atoms with Crippen LogP contribution in [0.3, 0.4) is 0 Å². The number of alkyl carbamates (subject to hydrolysis) is 1. The smallest absolute Gasteiger partial charge is 0.453 e. The molecule has 8 nitrogen and oxygen atoms in total. The molecule has 0 spiro atoms. The molecule has 2 unspecified atom stereocenters. The fourth-order valence-electron chi connectivity index (χ4n) is 6.73. The second-order valence-electron chi connectivity index (χ2n) is 13.8. The van der Waals surface area contributed by atoms with Crippen molar-refractivity contribution in [3.8, 4) is 11.1 Å². The molecular weight excluding hydrogens is 671 g/mol. The fourth-order valence-corrected chi connectivity index (χ4v) is 7.01. The molecule has 1 aliphatic rings. The van der Waals surface area contributed by atoms with Gasteiger partial charge in [-0.1, -0.05) is 67.1 Å². The van der Waals surface area contributed by atoms with Crippen molar-refractivity contribution in [3.05, 3.63) is 94.0 Å². The van der Waals surface area contributed by atoms with E-state index in [-0.39, 0.29) is 36.9 Å². The molecule has 12 heteroatoms. The number of esters is 1. The van der Waals surface area contributed by atoms with Crippen molar-refractivity contribution in [3.63, 3.8) is 0 Å². The van der Waals surface area contributed by atoms with Gasteiger partial charge in [0.25, 0.3) is 5.91 Å². The van der Waals surface area contributed by atoms with Crippen LogP contribution in [0.5, 0.6) is 0 Å². The van der Waals surface area contributed by atoms with E-state index in [9.17, 15) is 27.6 Å². The first-order valence-corrected chi connectivity index (χ1v) is 17.1. The van der Waals surface area contributed by atoms with Gasteiger partial charge >= 0.3 is 18.2 Å². The van der Waals surface area contributed by atoms with Crippen molar-refractivity contribution in [2.24, 2.45) is 5.92 Å². The van der Waals surface area contributed by atoms with Crippen LogP contribution < -0.4 is 5.32 Å². The van der Waals surface area contributed by atoms with Crippen molar-refractivity contribution >= 4 is 29.6 Å². The van der Waals surface area contributed by atoms with Gasteiger partial charge in [-0.25, -0.2) is 9.59 Å². The Hall–Kier alpha value is -4.09. The van der Waals surface area contributed by atoms with E-state index in [0.717, 1.165) is 17.7 Å². The molecule has 0 aliphatic carbocycles. The molecule has 1 saturated heterocycles. The van der Waals surface area contributed by atoms with Gasteiger partial charge < -0.3 is 24.2 Å². The number of carbonyl (C=O) groups is 3. The number of benzene rings is 3. The number of nitrogens with zero attached hydrogens (tertiary/aromatic N) is 2. The third-order valence-electron chi connectivity index (χ3n) is 9.01. The summed E-state index contributed by atoms with van der Waals surface area (Å²) in [5.74, 6) is -3.37. The lowest BCUT2D eigenvalue weighted by Crippen LogP contribution is -2.51. The van der Waals surface area contributed by atoms with Gasteiger partial charge in [-0.05, 0) is 61.4 Å². The van der Waals surface area contributed by atoms with Gasteiger partial charge in [0.1, 0.15) is 12.1 Å². The monoisotopic (exact) mass is 716 g/mol. The molecule has 3 aromatic rings. The molecule has 1 fully saturated rings. The molecular formula is C38H46ClF3N3O5+. The minimum Gasteiger partial charge on any atom is -0.453 e. The number of likely N-dealkylation sites (tertiary alicyclic amines) is 1. The van der Waals surface area contributed by atoms with Crippen molar-refractivity contribution in [1.82, 2.24) is 10.2 Å². The molecule has 2 amide bonds. The van der Waals surface area contributed by atoms with Crippen molar-refractivity contribution in [1.29, 1.82) is 0 Å². The van der Waals surface area contributed by atoms with E-state index >= 15 is 0 Å². The highest BCUT2D eigenvalue weighted by Gasteiger charge is 2.52. The van der Waals surface area contributed by atoms with Gasteiger partial charge in [0.05, 0.1) is 28.3 Å². The number of amides is 2.